The average molecular weight is 586 g/mol. The van der Waals surface area contributed by atoms with Gasteiger partial charge >= 0.3 is 0 Å². The molecule has 0 saturated heterocycles. The van der Waals surface area contributed by atoms with Gasteiger partial charge in [-0.2, -0.15) is 0 Å². The van der Waals surface area contributed by atoms with Crippen molar-refractivity contribution in [3.05, 3.63) is 151 Å². The first-order valence-corrected chi connectivity index (χ1v) is 16.1. The zero-order valence-electron chi connectivity index (χ0n) is 25.8. The lowest BCUT2D eigenvalue weighted by atomic mass is 9.58. The Hall–Kier alpha value is -5.54. The van der Waals surface area contributed by atoms with Gasteiger partial charge in [-0.15, -0.1) is 0 Å². The Morgan fingerprint density at radius 1 is 0.609 bits per heavy atom. The number of fused-ring (bicyclic) bond motifs is 8. The lowest BCUT2D eigenvalue weighted by Crippen LogP contribution is -2.37. The minimum absolute atomic E-state index is 0.137. The first-order chi connectivity index (χ1) is 22.6. The number of nitrogens with one attached hydrogen (secondary N) is 1. The molecule has 3 heteroatoms. The Morgan fingerprint density at radius 2 is 1.33 bits per heavy atom. The predicted molar refractivity (Wildman–Crippen MR) is 196 cm³/mol. The van der Waals surface area contributed by atoms with Crippen molar-refractivity contribution in [2.45, 2.75) is 19.3 Å². The predicted octanol–water partition coefficient (Wildman–Crippen LogP) is 9.62. The van der Waals surface area contributed by atoms with Crippen molar-refractivity contribution < 1.29 is 0 Å². The third kappa shape index (κ3) is 3.43. The summed E-state index contributed by atoms with van der Waals surface area (Å²) in [6, 6.07) is 51.3. The number of para-hydroxylation sites is 3. The Balaban J connectivity index is 1.38. The summed E-state index contributed by atoms with van der Waals surface area (Å²) in [5.74, 6) is 0. The molecule has 0 unspecified atom stereocenters. The first-order valence-electron chi connectivity index (χ1n) is 16.1. The van der Waals surface area contributed by atoms with Crippen LogP contribution in [-0.4, -0.2) is 11.8 Å². The molecule has 0 amide bonds. The zero-order chi connectivity index (χ0) is 30.6. The van der Waals surface area contributed by atoms with Crippen molar-refractivity contribution in [2.24, 2.45) is 0 Å². The number of rotatable bonds is 2. The molecule has 0 bridgehead atoms. The van der Waals surface area contributed by atoms with Gasteiger partial charge in [-0.3, -0.25) is 0 Å². The maximum atomic E-state index is 3.90. The molecule has 1 radical (unpaired) electrons. The van der Waals surface area contributed by atoms with Gasteiger partial charge in [0.15, 0.2) is 7.28 Å². The van der Waals surface area contributed by atoms with Gasteiger partial charge in [-0.25, -0.2) is 0 Å². The van der Waals surface area contributed by atoms with E-state index < -0.39 is 0 Å². The molecule has 215 valence electrons. The van der Waals surface area contributed by atoms with Gasteiger partial charge in [-0.05, 0) is 74.4 Å². The van der Waals surface area contributed by atoms with Crippen LogP contribution in [0.2, 0.25) is 0 Å². The number of benzene rings is 7. The molecule has 3 heterocycles. The normalized spacial score (nSPS) is 14.0. The van der Waals surface area contributed by atoms with Gasteiger partial charge < -0.3 is 9.88 Å². The van der Waals surface area contributed by atoms with Crippen LogP contribution in [0.15, 0.2) is 140 Å². The average Bonchev–Trinajstić information content (AvgIpc) is 3.43. The molecule has 0 saturated carbocycles. The molecule has 0 spiro atoms. The van der Waals surface area contributed by atoms with E-state index in [9.17, 15) is 0 Å². The van der Waals surface area contributed by atoms with Crippen molar-refractivity contribution in [1.29, 1.82) is 0 Å². The topological polar surface area (TPSA) is 17.0 Å². The standard InChI is InChI=1S/C43H30BN2/c1-43(2)33-18-8-10-21-36(33)45-41-29(17-12-19-34(41)43)31-25-30(26-13-4-3-5-14-26)39-32-23-27-15-6-7-16-28(27)24-38(32)46-37-22-11-9-20-35(37)44-40(31)42(39)46/h3-25,45H,1-2H3. The van der Waals surface area contributed by atoms with Crippen LogP contribution in [0.1, 0.15) is 25.0 Å². The monoisotopic (exact) mass is 585 g/mol. The Bertz CT molecular complexity index is 2560. The van der Waals surface area contributed by atoms with Crippen LogP contribution in [-0.2, 0) is 5.41 Å². The molecule has 46 heavy (non-hydrogen) atoms. The van der Waals surface area contributed by atoms with E-state index in [0.29, 0.717) is 0 Å². The van der Waals surface area contributed by atoms with E-state index in [4.69, 9.17) is 0 Å². The summed E-state index contributed by atoms with van der Waals surface area (Å²) in [5.41, 5.74) is 16.1. The van der Waals surface area contributed by atoms with E-state index in [1.807, 2.05) is 0 Å². The summed E-state index contributed by atoms with van der Waals surface area (Å²) in [6.07, 6.45) is 0. The Labute approximate surface area is 269 Å². The number of hydrogen-bond acceptors (Lipinski definition) is 1. The lowest BCUT2D eigenvalue weighted by molar-refractivity contribution is 0.638. The highest BCUT2D eigenvalue weighted by molar-refractivity contribution is 6.73. The fourth-order valence-electron chi connectivity index (χ4n) is 8.21. The zero-order valence-corrected chi connectivity index (χ0v) is 25.8. The molecule has 0 atom stereocenters. The van der Waals surface area contributed by atoms with Crippen LogP contribution >= 0.6 is 0 Å². The number of aromatic nitrogens is 1. The third-order valence-electron chi connectivity index (χ3n) is 10.4. The largest absolute Gasteiger partial charge is 0.355 e. The highest BCUT2D eigenvalue weighted by Crippen LogP contribution is 2.50. The van der Waals surface area contributed by atoms with E-state index in [0.717, 1.165) is 0 Å². The van der Waals surface area contributed by atoms with E-state index in [2.05, 4.69) is 171 Å². The van der Waals surface area contributed by atoms with Crippen LogP contribution in [0, 0.1) is 0 Å². The molecule has 1 aromatic heterocycles. The smallest absolute Gasteiger partial charge is 0.197 e. The highest BCUT2D eigenvalue weighted by atomic mass is 15.0. The second-order valence-corrected chi connectivity index (χ2v) is 13.3. The molecule has 0 aliphatic carbocycles. The molecule has 0 fully saturated rings. The van der Waals surface area contributed by atoms with Crippen LogP contribution in [0.3, 0.4) is 0 Å². The SMILES string of the molecule is CC1(C)c2ccccc2Nc2c(-c3cc(-c4ccccc4)c4c5cc6ccccc6cc5n5c4c3[B]c3ccccc3-5)cccc21. The molecule has 7 aromatic carbocycles. The van der Waals surface area contributed by atoms with Gasteiger partial charge in [0.05, 0.1) is 11.2 Å². The second kappa shape index (κ2) is 9.25. The summed E-state index contributed by atoms with van der Waals surface area (Å²) in [6.45, 7) is 4.70. The summed E-state index contributed by atoms with van der Waals surface area (Å²) >= 11 is 0. The highest BCUT2D eigenvalue weighted by Gasteiger charge is 2.35. The van der Waals surface area contributed by atoms with Gasteiger partial charge in [0.25, 0.3) is 0 Å². The summed E-state index contributed by atoms with van der Waals surface area (Å²) in [5, 5.41) is 9.01. The van der Waals surface area contributed by atoms with E-state index in [1.54, 1.807) is 0 Å². The second-order valence-electron chi connectivity index (χ2n) is 13.3. The summed E-state index contributed by atoms with van der Waals surface area (Å²) in [4.78, 5) is 0. The van der Waals surface area contributed by atoms with E-state index in [-0.39, 0.29) is 5.41 Å². The van der Waals surface area contributed by atoms with Crippen molar-refractivity contribution in [1.82, 2.24) is 4.57 Å². The summed E-state index contributed by atoms with van der Waals surface area (Å²) < 4.78 is 2.53. The van der Waals surface area contributed by atoms with Gasteiger partial charge in [0.2, 0.25) is 0 Å². The Morgan fingerprint density at radius 3 is 2.20 bits per heavy atom. The van der Waals surface area contributed by atoms with Crippen LogP contribution in [0.4, 0.5) is 11.4 Å². The minimum atomic E-state index is -0.137. The molecular weight excluding hydrogens is 555 g/mol. The molecular formula is C43H30BN2. The van der Waals surface area contributed by atoms with Crippen molar-refractivity contribution in [3.8, 4) is 27.9 Å². The van der Waals surface area contributed by atoms with Gasteiger partial charge in [0.1, 0.15) is 0 Å². The third-order valence-corrected chi connectivity index (χ3v) is 10.4. The van der Waals surface area contributed by atoms with Gasteiger partial charge in [-0.1, -0.05) is 129 Å². The molecule has 8 aromatic rings. The fraction of sp³-hybridized carbons (Fsp3) is 0.0698. The van der Waals surface area contributed by atoms with E-state index in [1.165, 1.54) is 93.9 Å². The maximum absolute atomic E-state index is 3.90. The fourth-order valence-corrected chi connectivity index (χ4v) is 8.21. The van der Waals surface area contributed by atoms with Crippen molar-refractivity contribution in [3.63, 3.8) is 0 Å². The van der Waals surface area contributed by atoms with Gasteiger partial charge in [0, 0.05) is 38.6 Å². The molecule has 2 aliphatic rings. The molecule has 2 nitrogen and oxygen atoms in total. The van der Waals surface area contributed by atoms with Crippen molar-refractivity contribution >= 4 is 62.2 Å². The van der Waals surface area contributed by atoms with Crippen molar-refractivity contribution in [2.75, 3.05) is 5.32 Å². The maximum Gasteiger partial charge on any atom is 0.197 e. The number of anilines is 2. The molecule has 10 rings (SSSR count). The number of hydrogen-bond donors (Lipinski definition) is 1. The van der Waals surface area contributed by atoms with Crippen LogP contribution in [0.25, 0.3) is 60.5 Å². The summed E-state index contributed by atoms with van der Waals surface area (Å²) in [7, 11) is 2.42. The lowest BCUT2D eigenvalue weighted by Gasteiger charge is -2.37. The Kier molecular flexibility index (Phi) is 5.18. The van der Waals surface area contributed by atoms with Crippen LogP contribution in [0.5, 0.6) is 0 Å². The first kappa shape index (κ1) is 25.8. The molecule has 1 N–H and O–H groups in total. The number of nitrogens with zero attached hydrogens (tertiary/aromatic N) is 1. The quantitative estimate of drug-likeness (QED) is 0.200. The van der Waals surface area contributed by atoms with Crippen LogP contribution < -0.4 is 16.2 Å². The molecule has 2 aliphatic heterocycles. The minimum Gasteiger partial charge on any atom is -0.355 e. The van der Waals surface area contributed by atoms with E-state index >= 15 is 0 Å².